The summed E-state index contributed by atoms with van der Waals surface area (Å²) in [5.74, 6) is -0.00656. The van der Waals surface area contributed by atoms with E-state index in [0.717, 1.165) is 5.56 Å². The van der Waals surface area contributed by atoms with Gasteiger partial charge in [0.25, 0.3) is 0 Å². The Hall–Kier alpha value is -2.04. The molecule has 0 unspecified atom stereocenters. The van der Waals surface area contributed by atoms with Gasteiger partial charge in [-0.2, -0.15) is 0 Å². The highest BCUT2D eigenvalue weighted by molar-refractivity contribution is 5.87. The van der Waals surface area contributed by atoms with Crippen LogP contribution in [0.5, 0.6) is 0 Å². The highest BCUT2D eigenvalue weighted by Gasteiger charge is 2.18. The first-order chi connectivity index (χ1) is 8.54. The number of carbonyl (C=O) groups excluding carboxylic acids is 1. The molecule has 0 bridgehead atoms. The average Bonchev–Trinajstić information content (AvgIpc) is 2.36. The Balaban J connectivity index is 2.72. The zero-order valence-electron chi connectivity index (χ0n) is 10.7. The van der Waals surface area contributed by atoms with Crippen LogP contribution in [0.4, 0.5) is 0 Å². The molecule has 0 aromatic heterocycles. The molecule has 5 heteroatoms. The molecule has 0 aliphatic rings. The Morgan fingerprint density at radius 2 is 2.00 bits per heavy atom. The maximum atomic E-state index is 12.1. The van der Waals surface area contributed by atoms with Gasteiger partial charge in [-0.3, -0.25) is 4.79 Å². The highest BCUT2D eigenvalue weighted by atomic mass is 16.4. The maximum Gasteiger partial charge on any atom is 0.227 e. The Bertz CT molecular complexity index is 416. The molecular formula is C13H19N3O2. The van der Waals surface area contributed by atoms with E-state index in [9.17, 15) is 4.79 Å². The topological polar surface area (TPSA) is 78.9 Å². The first-order valence-electron chi connectivity index (χ1n) is 5.84. The number of amides is 1. The molecule has 18 heavy (non-hydrogen) atoms. The molecule has 0 saturated heterocycles. The molecule has 1 amide bonds. The van der Waals surface area contributed by atoms with E-state index < -0.39 is 0 Å². The fourth-order valence-corrected chi connectivity index (χ4v) is 1.64. The average molecular weight is 249 g/mol. The van der Waals surface area contributed by atoms with Gasteiger partial charge >= 0.3 is 0 Å². The maximum absolute atomic E-state index is 12.1. The van der Waals surface area contributed by atoms with Gasteiger partial charge in [0.1, 0.15) is 0 Å². The number of oxime groups is 1. The summed E-state index contributed by atoms with van der Waals surface area (Å²) in [6.45, 7) is 3.93. The predicted molar refractivity (Wildman–Crippen MR) is 70.4 cm³/mol. The Morgan fingerprint density at radius 3 is 2.50 bits per heavy atom. The van der Waals surface area contributed by atoms with Crippen LogP contribution >= 0.6 is 0 Å². The number of hydrogen-bond acceptors (Lipinski definition) is 3. The summed E-state index contributed by atoms with van der Waals surface area (Å²) in [6.07, 6.45) is 0.317. The van der Waals surface area contributed by atoms with E-state index in [0.29, 0.717) is 6.42 Å². The van der Waals surface area contributed by atoms with Gasteiger partial charge in [0, 0.05) is 6.04 Å². The van der Waals surface area contributed by atoms with Crippen LogP contribution in [0.2, 0.25) is 0 Å². The van der Waals surface area contributed by atoms with Gasteiger partial charge in [-0.15, -0.1) is 0 Å². The van der Waals surface area contributed by atoms with Crippen molar-refractivity contribution in [3.05, 3.63) is 35.9 Å². The molecule has 0 spiro atoms. The molecule has 98 valence electrons. The second kappa shape index (κ2) is 6.64. The molecule has 0 fully saturated rings. The van der Waals surface area contributed by atoms with Crippen molar-refractivity contribution in [2.75, 3.05) is 6.54 Å². The summed E-state index contributed by atoms with van der Waals surface area (Å²) in [7, 11) is 0. The summed E-state index contributed by atoms with van der Waals surface area (Å²) >= 11 is 0. The van der Waals surface area contributed by atoms with Crippen LogP contribution in [0.25, 0.3) is 0 Å². The number of hydrogen-bond donors (Lipinski definition) is 2. The minimum atomic E-state index is -0.0391. The van der Waals surface area contributed by atoms with Crippen LogP contribution in [0.3, 0.4) is 0 Å². The molecule has 0 atom stereocenters. The molecule has 0 saturated carbocycles. The van der Waals surface area contributed by atoms with E-state index >= 15 is 0 Å². The zero-order chi connectivity index (χ0) is 13.5. The summed E-state index contributed by atoms with van der Waals surface area (Å²) in [6, 6.07) is 9.50. The van der Waals surface area contributed by atoms with Crippen molar-refractivity contribution in [1.82, 2.24) is 4.90 Å². The summed E-state index contributed by atoms with van der Waals surface area (Å²) in [5, 5.41) is 11.5. The molecule has 0 aliphatic heterocycles. The van der Waals surface area contributed by atoms with Crippen molar-refractivity contribution in [1.29, 1.82) is 0 Å². The molecule has 3 N–H and O–H groups in total. The van der Waals surface area contributed by atoms with E-state index in [1.54, 1.807) is 4.90 Å². The standard InChI is InChI=1S/C13H19N3O2/c1-10(2)16(9-12(14)15-18)13(17)8-11-6-4-3-5-7-11/h3-7,10,18H,8-9H2,1-2H3,(H2,14,15). The molecule has 1 aromatic rings. The number of carbonyl (C=O) groups is 1. The number of nitrogens with two attached hydrogens (primary N) is 1. The Labute approximate surface area is 107 Å². The van der Waals surface area contributed by atoms with Gasteiger partial charge < -0.3 is 15.8 Å². The predicted octanol–water partition coefficient (Wildman–Crippen LogP) is 1.21. The van der Waals surface area contributed by atoms with Crippen LogP contribution < -0.4 is 5.73 Å². The number of amidine groups is 1. The van der Waals surface area contributed by atoms with Crippen molar-refractivity contribution in [3.8, 4) is 0 Å². The van der Waals surface area contributed by atoms with Crippen LogP contribution in [-0.2, 0) is 11.2 Å². The molecule has 0 aliphatic carbocycles. The van der Waals surface area contributed by atoms with Gasteiger partial charge in [-0.1, -0.05) is 35.5 Å². The van der Waals surface area contributed by atoms with Crippen LogP contribution in [-0.4, -0.2) is 34.4 Å². The largest absolute Gasteiger partial charge is 0.409 e. The van der Waals surface area contributed by atoms with Crippen LogP contribution in [0.1, 0.15) is 19.4 Å². The zero-order valence-corrected chi connectivity index (χ0v) is 10.7. The van der Waals surface area contributed by atoms with Crippen molar-refractivity contribution in [2.45, 2.75) is 26.3 Å². The molecule has 0 heterocycles. The van der Waals surface area contributed by atoms with Gasteiger partial charge in [-0.05, 0) is 19.4 Å². The first kappa shape index (κ1) is 14.0. The lowest BCUT2D eigenvalue weighted by molar-refractivity contribution is -0.131. The lowest BCUT2D eigenvalue weighted by Gasteiger charge is -2.26. The smallest absolute Gasteiger partial charge is 0.227 e. The fourth-order valence-electron chi connectivity index (χ4n) is 1.64. The lowest BCUT2D eigenvalue weighted by Crippen LogP contribution is -2.43. The number of benzene rings is 1. The summed E-state index contributed by atoms with van der Waals surface area (Å²) in [5.41, 5.74) is 6.40. The minimum absolute atomic E-state index is 0.00140. The number of nitrogens with zero attached hydrogens (tertiary/aromatic N) is 2. The highest BCUT2D eigenvalue weighted by Crippen LogP contribution is 2.06. The van der Waals surface area contributed by atoms with Crippen molar-refractivity contribution in [2.24, 2.45) is 10.9 Å². The second-order valence-corrected chi connectivity index (χ2v) is 4.37. The van der Waals surface area contributed by atoms with E-state index in [2.05, 4.69) is 5.16 Å². The summed E-state index contributed by atoms with van der Waals surface area (Å²) in [4.78, 5) is 13.7. The SMILES string of the molecule is CC(C)N(CC(N)=NO)C(=O)Cc1ccccc1. The van der Waals surface area contributed by atoms with E-state index in [1.807, 2.05) is 44.2 Å². The van der Waals surface area contributed by atoms with Crippen molar-refractivity contribution >= 4 is 11.7 Å². The number of rotatable bonds is 5. The third-order valence-corrected chi connectivity index (χ3v) is 2.60. The molecule has 1 aromatic carbocycles. The van der Waals surface area contributed by atoms with Gasteiger partial charge in [0.05, 0.1) is 13.0 Å². The third-order valence-electron chi connectivity index (χ3n) is 2.60. The Morgan fingerprint density at radius 1 is 1.39 bits per heavy atom. The normalized spacial score (nSPS) is 11.6. The first-order valence-corrected chi connectivity index (χ1v) is 5.84. The van der Waals surface area contributed by atoms with E-state index in [-0.39, 0.29) is 24.3 Å². The van der Waals surface area contributed by atoms with Gasteiger partial charge in [0.2, 0.25) is 5.91 Å². The monoisotopic (exact) mass is 249 g/mol. The van der Waals surface area contributed by atoms with Crippen LogP contribution in [0, 0.1) is 0 Å². The lowest BCUT2D eigenvalue weighted by atomic mass is 10.1. The van der Waals surface area contributed by atoms with Crippen LogP contribution in [0.15, 0.2) is 35.5 Å². The molecular weight excluding hydrogens is 230 g/mol. The third kappa shape index (κ3) is 4.08. The quantitative estimate of drug-likeness (QED) is 0.356. The molecule has 0 radical (unpaired) electrons. The molecule has 5 nitrogen and oxygen atoms in total. The fraction of sp³-hybridized carbons (Fsp3) is 0.385. The minimum Gasteiger partial charge on any atom is -0.409 e. The van der Waals surface area contributed by atoms with Gasteiger partial charge in [0.15, 0.2) is 5.84 Å². The van der Waals surface area contributed by atoms with E-state index in [1.165, 1.54) is 0 Å². The Kier molecular flexibility index (Phi) is 5.17. The van der Waals surface area contributed by atoms with Gasteiger partial charge in [-0.25, -0.2) is 0 Å². The van der Waals surface area contributed by atoms with E-state index in [4.69, 9.17) is 10.9 Å². The second-order valence-electron chi connectivity index (χ2n) is 4.37. The van der Waals surface area contributed by atoms with Crippen molar-refractivity contribution in [3.63, 3.8) is 0 Å². The summed E-state index contributed by atoms with van der Waals surface area (Å²) < 4.78 is 0. The van der Waals surface area contributed by atoms with Crippen molar-refractivity contribution < 1.29 is 10.0 Å². The molecule has 1 rings (SSSR count).